The van der Waals surface area contributed by atoms with E-state index in [2.05, 4.69) is 35.3 Å². The Morgan fingerprint density at radius 2 is 2.29 bits per heavy atom. The summed E-state index contributed by atoms with van der Waals surface area (Å²) in [6, 6.07) is 2.98. The van der Waals surface area contributed by atoms with Crippen LogP contribution in [0, 0.1) is 0 Å². The Hall–Kier alpha value is -0.800. The van der Waals surface area contributed by atoms with Crippen LogP contribution in [0.3, 0.4) is 0 Å². The van der Waals surface area contributed by atoms with Crippen LogP contribution in [0.5, 0.6) is 0 Å². The van der Waals surface area contributed by atoms with Gasteiger partial charge in [0.2, 0.25) is 0 Å². The van der Waals surface area contributed by atoms with E-state index in [1.54, 1.807) is 0 Å². The highest BCUT2D eigenvalue weighted by molar-refractivity contribution is 5.10. The van der Waals surface area contributed by atoms with Crippen LogP contribution in [0.2, 0.25) is 0 Å². The number of nitrogens with one attached hydrogen (secondary N) is 1. The van der Waals surface area contributed by atoms with E-state index < -0.39 is 0 Å². The van der Waals surface area contributed by atoms with E-state index in [4.69, 9.17) is 4.74 Å². The number of aromatic nitrogens is 1. The first kappa shape index (κ1) is 12.7. The van der Waals surface area contributed by atoms with Crippen LogP contribution in [0.1, 0.15) is 38.2 Å². The van der Waals surface area contributed by atoms with Crippen molar-refractivity contribution in [3.8, 4) is 0 Å². The Labute approximate surface area is 104 Å². The molecule has 1 saturated carbocycles. The molecule has 0 saturated heterocycles. The van der Waals surface area contributed by atoms with Crippen molar-refractivity contribution in [2.75, 3.05) is 13.2 Å². The first-order valence-corrected chi connectivity index (χ1v) is 6.84. The van der Waals surface area contributed by atoms with Crippen molar-refractivity contribution in [1.82, 2.24) is 9.88 Å². The van der Waals surface area contributed by atoms with Gasteiger partial charge in [-0.15, -0.1) is 0 Å². The molecule has 1 aliphatic rings. The molecule has 2 rings (SSSR count). The smallest absolute Gasteiger partial charge is 0.0645 e. The summed E-state index contributed by atoms with van der Waals surface area (Å²) in [7, 11) is 0. The lowest BCUT2D eigenvalue weighted by atomic mass is 10.3. The number of nitrogens with zero attached hydrogens (tertiary/aromatic N) is 1. The second kappa shape index (κ2) is 6.82. The molecule has 1 aliphatic carbocycles. The zero-order valence-corrected chi connectivity index (χ0v) is 10.8. The topological polar surface area (TPSA) is 26.2 Å². The molecule has 1 N–H and O–H groups in total. The molecule has 0 radical (unpaired) electrons. The Balaban J connectivity index is 1.59. The summed E-state index contributed by atoms with van der Waals surface area (Å²) in [4.78, 5) is 0. The van der Waals surface area contributed by atoms with E-state index in [0.717, 1.165) is 32.3 Å². The van der Waals surface area contributed by atoms with Gasteiger partial charge in [-0.3, -0.25) is 0 Å². The average Bonchev–Trinajstić information content (AvgIpc) is 3.06. The number of rotatable bonds is 9. The highest BCUT2D eigenvalue weighted by Gasteiger charge is 2.19. The van der Waals surface area contributed by atoms with Gasteiger partial charge in [0.15, 0.2) is 0 Å². The van der Waals surface area contributed by atoms with Crippen molar-refractivity contribution < 1.29 is 4.74 Å². The van der Waals surface area contributed by atoms with Gasteiger partial charge in [-0.1, -0.05) is 13.3 Å². The molecule has 0 aliphatic heterocycles. The van der Waals surface area contributed by atoms with Gasteiger partial charge in [0.05, 0.1) is 6.61 Å². The standard InChI is InChI=1S/C14H24N2O/c1-2-3-9-17-10-8-16-7-6-13(12-16)11-15-14-4-5-14/h6-7,12,14-15H,2-5,8-11H2,1H3. The van der Waals surface area contributed by atoms with Crippen LogP contribution in [-0.4, -0.2) is 23.8 Å². The summed E-state index contributed by atoms with van der Waals surface area (Å²) < 4.78 is 7.78. The van der Waals surface area contributed by atoms with E-state index in [1.807, 2.05) is 0 Å². The van der Waals surface area contributed by atoms with Gasteiger partial charge in [-0.25, -0.2) is 0 Å². The van der Waals surface area contributed by atoms with Crippen LogP contribution >= 0.6 is 0 Å². The monoisotopic (exact) mass is 236 g/mol. The molecule has 1 aromatic rings. The maximum atomic E-state index is 5.56. The first-order valence-electron chi connectivity index (χ1n) is 6.84. The summed E-state index contributed by atoms with van der Waals surface area (Å²) in [5.74, 6) is 0. The number of hydrogen-bond acceptors (Lipinski definition) is 2. The second-order valence-electron chi connectivity index (χ2n) is 4.88. The minimum Gasteiger partial charge on any atom is -0.380 e. The molecule has 1 heterocycles. The lowest BCUT2D eigenvalue weighted by Gasteiger charge is -2.04. The molecule has 0 spiro atoms. The lowest BCUT2D eigenvalue weighted by Crippen LogP contribution is -2.14. The zero-order valence-electron chi connectivity index (χ0n) is 10.8. The van der Waals surface area contributed by atoms with Gasteiger partial charge in [0, 0.05) is 38.1 Å². The van der Waals surface area contributed by atoms with Gasteiger partial charge in [0.25, 0.3) is 0 Å². The Kier molecular flexibility index (Phi) is 5.08. The molecule has 0 atom stereocenters. The number of ether oxygens (including phenoxy) is 1. The van der Waals surface area contributed by atoms with Gasteiger partial charge < -0.3 is 14.6 Å². The van der Waals surface area contributed by atoms with Crippen LogP contribution in [0.25, 0.3) is 0 Å². The summed E-state index contributed by atoms with van der Waals surface area (Å²) in [6.07, 6.45) is 9.45. The highest BCUT2D eigenvalue weighted by atomic mass is 16.5. The van der Waals surface area contributed by atoms with Crippen molar-refractivity contribution in [3.05, 3.63) is 24.0 Å². The maximum absolute atomic E-state index is 5.56. The molecule has 1 fully saturated rings. The van der Waals surface area contributed by atoms with Crippen molar-refractivity contribution in [1.29, 1.82) is 0 Å². The largest absolute Gasteiger partial charge is 0.380 e. The minimum absolute atomic E-state index is 0.788. The van der Waals surface area contributed by atoms with E-state index in [-0.39, 0.29) is 0 Å². The highest BCUT2D eigenvalue weighted by Crippen LogP contribution is 2.19. The molecule has 1 aromatic heterocycles. The lowest BCUT2D eigenvalue weighted by molar-refractivity contribution is 0.123. The van der Waals surface area contributed by atoms with Crippen molar-refractivity contribution >= 4 is 0 Å². The zero-order chi connectivity index (χ0) is 11.9. The number of unbranched alkanes of at least 4 members (excludes halogenated alkanes) is 1. The first-order chi connectivity index (χ1) is 8.38. The van der Waals surface area contributed by atoms with Crippen molar-refractivity contribution in [2.45, 2.75) is 51.7 Å². The fraction of sp³-hybridized carbons (Fsp3) is 0.714. The van der Waals surface area contributed by atoms with Crippen LogP contribution in [0.4, 0.5) is 0 Å². The van der Waals surface area contributed by atoms with Crippen molar-refractivity contribution in [2.24, 2.45) is 0 Å². The van der Waals surface area contributed by atoms with E-state index in [1.165, 1.54) is 31.2 Å². The Morgan fingerprint density at radius 1 is 1.41 bits per heavy atom. The predicted octanol–water partition coefficient (Wildman–Crippen LogP) is 2.56. The summed E-state index contributed by atoms with van der Waals surface area (Å²) >= 11 is 0. The van der Waals surface area contributed by atoms with Gasteiger partial charge in [-0.2, -0.15) is 0 Å². The molecule has 0 bridgehead atoms. The van der Waals surface area contributed by atoms with Crippen LogP contribution in [0.15, 0.2) is 18.5 Å². The normalized spacial score (nSPS) is 15.4. The summed E-state index contributed by atoms with van der Waals surface area (Å²) in [5, 5.41) is 3.53. The SMILES string of the molecule is CCCCOCCn1ccc(CNC2CC2)c1. The molecule has 3 heteroatoms. The molecule has 17 heavy (non-hydrogen) atoms. The van der Waals surface area contributed by atoms with Gasteiger partial charge >= 0.3 is 0 Å². The average molecular weight is 236 g/mol. The second-order valence-corrected chi connectivity index (χ2v) is 4.88. The quantitative estimate of drug-likeness (QED) is 0.667. The van der Waals surface area contributed by atoms with Gasteiger partial charge in [-0.05, 0) is 30.9 Å². The van der Waals surface area contributed by atoms with Crippen molar-refractivity contribution in [3.63, 3.8) is 0 Å². The third kappa shape index (κ3) is 4.92. The molecule has 0 amide bonds. The molecular formula is C14H24N2O. The minimum atomic E-state index is 0.788. The van der Waals surface area contributed by atoms with Crippen LogP contribution < -0.4 is 5.32 Å². The predicted molar refractivity (Wildman–Crippen MR) is 70.0 cm³/mol. The maximum Gasteiger partial charge on any atom is 0.0645 e. The fourth-order valence-electron chi connectivity index (χ4n) is 1.80. The molecule has 0 unspecified atom stereocenters. The van der Waals surface area contributed by atoms with Gasteiger partial charge in [0.1, 0.15) is 0 Å². The molecule has 3 nitrogen and oxygen atoms in total. The number of hydrogen-bond donors (Lipinski definition) is 1. The summed E-state index contributed by atoms with van der Waals surface area (Å²) in [6.45, 7) is 5.88. The Bertz CT molecular complexity index is 318. The third-order valence-corrected chi connectivity index (χ3v) is 3.12. The molecular weight excluding hydrogens is 212 g/mol. The van der Waals surface area contributed by atoms with Crippen LogP contribution in [-0.2, 0) is 17.8 Å². The van der Waals surface area contributed by atoms with E-state index in [0.29, 0.717) is 0 Å². The van der Waals surface area contributed by atoms with E-state index >= 15 is 0 Å². The van der Waals surface area contributed by atoms with E-state index in [9.17, 15) is 0 Å². The third-order valence-electron chi connectivity index (χ3n) is 3.12. The molecule has 0 aromatic carbocycles. The summed E-state index contributed by atoms with van der Waals surface area (Å²) in [5.41, 5.74) is 1.38. The Morgan fingerprint density at radius 3 is 3.06 bits per heavy atom. The fourth-order valence-corrected chi connectivity index (χ4v) is 1.80. The molecule has 96 valence electrons.